The Bertz CT molecular complexity index is 618. The highest BCUT2D eigenvalue weighted by molar-refractivity contribution is 5.75. The third-order valence-corrected chi connectivity index (χ3v) is 2.61. The molecule has 0 saturated carbocycles. The summed E-state index contributed by atoms with van der Waals surface area (Å²) in [7, 11) is 1.39. The normalized spacial score (nSPS) is 10.3. The number of aromatic nitrogens is 1. The van der Waals surface area contributed by atoms with E-state index in [0.29, 0.717) is 17.7 Å². The summed E-state index contributed by atoms with van der Waals surface area (Å²) >= 11 is 0. The quantitative estimate of drug-likeness (QED) is 0.841. The topological polar surface area (TPSA) is 22.1 Å². The second-order valence-corrected chi connectivity index (χ2v) is 3.76. The number of nitrogens with zero attached hydrogens (tertiary/aromatic N) is 1. The van der Waals surface area contributed by atoms with Gasteiger partial charge in [0.2, 0.25) is 5.88 Å². The molecule has 0 atom stereocenters. The number of hydrogen-bond acceptors (Lipinski definition) is 2. The van der Waals surface area contributed by atoms with Crippen molar-refractivity contribution in [3.8, 4) is 17.0 Å². The van der Waals surface area contributed by atoms with Crippen molar-refractivity contribution < 1.29 is 17.9 Å². The molecule has 0 bridgehead atoms. The van der Waals surface area contributed by atoms with Gasteiger partial charge in [-0.15, -0.1) is 0 Å². The van der Waals surface area contributed by atoms with Crippen LogP contribution in [0.15, 0.2) is 31.0 Å². The number of benzene rings is 1. The molecule has 1 heterocycles. The van der Waals surface area contributed by atoms with Gasteiger partial charge in [0.25, 0.3) is 0 Å². The lowest BCUT2D eigenvalue weighted by atomic mass is 10.0. The number of halogens is 3. The molecule has 19 heavy (non-hydrogen) atoms. The van der Waals surface area contributed by atoms with Gasteiger partial charge in [0.1, 0.15) is 17.5 Å². The van der Waals surface area contributed by atoms with Crippen LogP contribution in [0.1, 0.15) is 5.56 Å². The van der Waals surface area contributed by atoms with E-state index in [-0.39, 0.29) is 17.0 Å². The average molecular weight is 265 g/mol. The van der Waals surface area contributed by atoms with Gasteiger partial charge in [0.05, 0.1) is 12.7 Å². The van der Waals surface area contributed by atoms with Crippen molar-refractivity contribution >= 4 is 6.08 Å². The van der Waals surface area contributed by atoms with E-state index in [4.69, 9.17) is 4.74 Å². The first-order chi connectivity index (χ1) is 9.06. The number of methoxy groups -OCH3 is 1. The van der Waals surface area contributed by atoms with Crippen molar-refractivity contribution in [1.29, 1.82) is 0 Å². The lowest BCUT2D eigenvalue weighted by Gasteiger charge is -2.10. The minimum absolute atomic E-state index is 0.198. The van der Waals surface area contributed by atoms with E-state index in [1.54, 1.807) is 0 Å². The van der Waals surface area contributed by atoms with Gasteiger partial charge in [-0.3, -0.25) is 0 Å². The molecule has 0 N–H and O–H groups in total. The van der Waals surface area contributed by atoms with E-state index < -0.39 is 17.5 Å². The summed E-state index contributed by atoms with van der Waals surface area (Å²) < 4.78 is 45.4. The van der Waals surface area contributed by atoms with Crippen LogP contribution in [0.3, 0.4) is 0 Å². The Morgan fingerprint density at radius 2 is 1.79 bits per heavy atom. The maximum Gasteiger partial charge on any atom is 0.213 e. The van der Waals surface area contributed by atoms with E-state index in [9.17, 15) is 13.2 Å². The van der Waals surface area contributed by atoms with Gasteiger partial charge in [-0.1, -0.05) is 12.7 Å². The Morgan fingerprint density at radius 3 is 2.32 bits per heavy atom. The first-order valence-corrected chi connectivity index (χ1v) is 5.38. The first-order valence-electron chi connectivity index (χ1n) is 5.38. The lowest BCUT2D eigenvalue weighted by molar-refractivity contribution is 0.398. The number of ether oxygens (including phenoxy) is 1. The van der Waals surface area contributed by atoms with Crippen molar-refractivity contribution in [3.63, 3.8) is 0 Å². The molecule has 0 unspecified atom stereocenters. The van der Waals surface area contributed by atoms with E-state index >= 15 is 0 Å². The summed E-state index contributed by atoms with van der Waals surface area (Å²) in [5.74, 6) is -2.76. The summed E-state index contributed by atoms with van der Waals surface area (Å²) in [5, 5.41) is 0. The van der Waals surface area contributed by atoms with Gasteiger partial charge >= 0.3 is 0 Å². The Balaban J connectivity index is 2.73. The van der Waals surface area contributed by atoms with Crippen LogP contribution in [0.25, 0.3) is 17.2 Å². The van der Waals surface area contributed by atoms with Crippen LogP contribution in [0.2, 0.25) is 0 Å². The first kappa shape index (κ1) is 13.1. The standard InChI is InChI=1S/C14H10F3NO/c1-3-8-7-18-13(19-2)6-10(8)14-11(16)4-9(15)5-12(14)17/h3-7H,1H2,2H3. The van der Waals surface area contributed by atoms with E-state index in [1.165, 1.54) is 25.4 Å². The zero-order valence-corrected chi connectivity index (χ0v) is 10.1. The highest BCUT2D eigenvalue weighted by Crippen LogP contribution is 2.32. The third-order valence-electron chi connectivity index (χ3n) is 2.61. The molecule has 2 nitrogen and oxygen atoms in total. The highest BCUT2D eigenvalue weighted by atomic mass is 19.1. The Labute approximate surface area is 108 Å². The monoisotopic (exact) mass is 265 g/mol. The summed E-state index contributed by atoms with van der Waals surface area (Å²) in [4.78, 5) is 3.92. The zero-order valence-electron chi connectivity index (χ0n) is 10.1. The molecular formula is C14H10F3NO. The molecule has 5 heteroatoms. The SMILES string of the molecule is C=Cc1cnc(OC)cc1-c1c(F)cc(F)cc1F. The Hall–Kier alpha value is -2.30. The van der Waals surface area contributed by atoms with E-state index in [1.807, 2.05) is 0 Å². The average Bonchev–Trinajstić information content (AvgIpc) is 2.37. The van der Waals surface area contributed by atoms with E-state index in [2.05, 4.69) is 11.6 Å². The maximum atomic E-state index is 13.8. The molecular weight excluding hydrogens is 255 g/mol. The smallest absolute Gasteiger partial charge is 0.213 e. The lowest BCUT2D eigenvalue weighted by Crippen LogP contribution is -1.97. The second-order valence-electron chi connectivity index (χ2n) is 3.76. The predicted molar refractivity (Wildman–Crippen MR) is 66.2 cm³/mol. The summed E-state index contributed by atoms with van der Waals surface area (Å²) in [6.45, 7) is 3.55. The van der Waals surface area contributed by atoms with Crippen LogP contribution in [0.4, 0.5) is 13.2 Å². The molecule has 0 aliphatic rings. The number of rotatable bonds is 3. The Morgan fingerprint density at radius 1 is 1.16 bits per heavy atom. The summed E-state index contributed by atoms with van der Waals surface area (Å²) in [6.07, 6.45) is 2.79. The van der Waals surface area contributed by atoms with Crippen LogP contribution in [0.5, 0.6) is 5.88 Å². The van der Waals surface area contributed by atoms with Gasteiger partial charge < -0.3 is 4.74 Å². The van der Waals surface area contributed by atoms with Crippen molar-refractivity contribution in [2.75, 3.05) is 7.11 Å². The molecule has 0 aliphatic carbocycles. The van der Waals surface area contributed by atoms with Gasteiger partial charge in [0, 0.05) is 35.5 Å². The number of hydrogen-bond donors (Lipinski definition) is 0. The van der Waals surface area contributed by atoms with Crippen molar-refractivity contribution in [2.24, 2.45) is 0 Å². The van der Waals surface area contributed by atoms with Crippen molar-refractivity contribution in [2.45, 2.75) is 0 Å². The van der Waals surface area contributed by atoms with Crippen LogP contribution < -0.4 is 4.74 Å². The van der Waals surface area contributed by atoms with Crippen LogP contribution >= 0.6 is 0 Å². The van der Waals surface area contributed by atoms with Crippen LogP contribution in [-0.2, 0) is 0 Å². The van der Waals surface area contributed by atoms with Gasteiger partial charge in [-0.2, -0.15) is 0 Å². The molecule has 0 radical (unpaired) electrons. The summed E-state index contributed by atoms with van der Waals surface area (Å²) in [6, 6.07) is 2.62. The molecule has 0 amide bonds. The second kappa shape index (κ2) is 5.14. The van der Waals surface area contributed by atoms with Crippen LogP contribution in [-0.4, -0.2) is 12.1 Å². The highest BCUT2D eigenvalue weighted by Gasteiger charge is 2.17. The molecule has 1 aromatic heterocycles. The van der Waals surface area contributed by atoms with Crippen molar-refractivity contribution in [3.05, 3.63) is 54.0 Å². The van der Waals surface area contributed by atoms with Gasteiger partial charge in [-0.05, 0) is 0 Å². The minimum atomic E-state index is -0.992. The fraction of sp³-hybridized carbons (Fsp3) is 0.0714. The Kier molecular flexibility index (Phi) is 3.55. The molecule has 0 spiro atoms. The van der Waals surface area contributed by atoms with Gasteiger partial charge in [0.15, 0.2) is 0 Å². The van der Waals surface area contributed by atoms with Crippen molar-refractivity contribution in [1.82, 2.24) is 4.98 Å². The van der Waals surface area contributed by atoms with Gasteiger partial charge in [-0.25, -0.2) is 18.2 Å². The summed E-state index contributed by atoms with van der Waals surface area (Å²) in [5.41, 5.74) is 0.291. The fourth-order valence-electron chi connectivity index (χ4n) is 1.74. The van der Waals surface area contributed by atoms with Crippen LogP contribution in [0, 0.1) is 17.5 Å². The zero-order chi connectivity index (χ0) is 14.0. The van der Waals surface area contributed by atoms with E-state index in [0.717, 1.165) is 0 Å². The molecule has 2 rings (SSSR count). The largest absolute Gasteiger partial charge is 0.481 e. The molecule has 2 aromatic rings. The molecule has 98 valence electrons. The molecule has 1 aromatic carbocycles. The third kappa shape index (κ3) is 2.45. The molecule has 0 saturated heterocycles. The minimum Gasteiger partial charge on any atom is -0.481 e. The molecule has 0 aliphatic heterocycles. The number of pyridine rings is 1. The fourth-order valence-corrected chi connectivity index (χ4v) is 1.74. The maximum absolute atomic E-state index is 13.8. The molecule has 0 fully saturated rings. The predicted octanol–water partition coefficient (Wildman–Crippen LogP) is 3.82.